The quantitative estimate of drug-likeness (QED) is 0.787. The van der Waals surface area contributed by atoms with Crippen LogP contribution in [0, 0.1) is 12.8 Å². The van der Waals surface area contributed by atoms with Crippen LogP contribution in [0.3, 0.4) is 0 Å². The summed E-state index contributed by atoms with van der Waals surface area (Å²) in [7, 11) is 0. The van der Waals surface area contributed by atoms with Gasteiger partial charge >= 0.3 is 6.03 Å². The second kappa shape index (κ2) is 9.20. The molecule has 2 fully saturated rings. The normalized spacial score (nSPS) is 17.1. The van der Waals surface area contributed by atoms with Gasteiger partial charge in [0.15, 0.2) is 0 Å². The van der Waals surface area contributed by atoms with E-state index in [2.05, 4.69) is 34.6 Å². The Morgan fingerprint density at radius 3 is 2.23 bits per heavy atom. The van der Waals surface area contributed by atoms with E-state index in [1.165, 1.54) is 24.1 Å². The first-order chi connectivity index (χ1) is 14.6. The van der Waals surface area contributed by atoms with Crippen LogP contribution in [-0.4, -0.2) is 43.0 Å². The van der Waals surface area contributed by atoms with E-state index in [-0.39, 0.29) is 17.9 Å². The molecule has 0 radical (unpaired) electrons. The lowest BCUT2D eigenvalue weighted by Gasteiger charge is -2.31. The number of carbonyl (C=O) groups is 2. The molecule has 2 aliphatic rings. The highest BCUT2D eigenvalue weighted by Gasteiger charge is 2.27. The third kappa shape index (κ3) is 4.75. The first-order valence-corrected chi connectivity index (χ1v) is 10.9. The smallest absolute Gasteiger partial charge is 0.321 e. The SMILES string of the molecule is Cc1cc(NC(=O)C2CCN(C(=O)Nc3ccccc3)CC2)ccc1N1CCCC1. The summed E-state index contributed by atoms with van der Waals surface area (Å²) >= 11 is 0. The summed E-state index contributed by atoms with van der Waals surface area (Å²) in [5.41, 5.74) is 4.10. The number of hydrogen-bond acceptors (Lipinski definition) is 3. The van der Waals surface area contributed by atoms with Crippen molar-refractivity contribution in [2.45, 2.75) is 32.6 Å². The van der Waals surface area contributed by atoms with Crippen LogP contribution in [0.5, 0.6) is 0 Å². The molecule has 30 heavy (non-hydrogen) atoms. The van der Waals surface area contributed by atoms with Crippen LogP contribution in [0.4, 0.5) is 21.9 Å². The van der Waals surface area contributed by atoms with Gasteiger partial charge in [0.1, 0.15) is 0 Å². The minimum atomic E-state index is -0.104. The number of aryl methyl sites for hydroxylation is 1. The van der Waals surface area contributed by atoms with Gasteiger partial charge in [0.2, 0.25) is 5.91 Å². The lowest BCUT2D eigenvalue weighted by molar-refractivity contribution is -0.121. The van der Waals surface area contributed by atoms with Crippen molar-refractivity contribution in [1.82, 2.24) is 4.90 Å². The van der Waals surface area contributed by atoms with E-state index in [4.69, 9.17) is 0 Å². The number of para-hydroxylation sites is 1. The Bertz CT molecular complexity index is 885. The zero-order valence-corrected chi connectivity index (χ0v) is 17.6. The number of likely N-dealkylation sites (tertiary alicyclic amines) is 1. The Labute approximate surface area is 178 Å². The van der Waals surface area contributed by atoms with Crippen molar-refractivity contribution in [3.63, 3.8) is 0 Å². The molecule has 2 saturated heterocycles. The van der Waals surface area contributed by atoms with Crippen molar-refractivity contribution in [2.75, 3.05) is 41.7 Å². The Kier molecular flexibility index (Phi) is 6.21. The Hall–Kier alpha value is -3.02. The van der Waals surface area contributed by atoms with Gasteiger partial charge in [0.05, 0.1) is 0 Å². The number of rotatable bonds is 4. The van der Waals surface area contributed by atoms with Crippen LogP contribution >= 0.6 is 0 Å². The molecule has 0 atom stereocenters. The second-order valence-electron chi connectivity index (χ2n) is 8.24. The molecule has 2 aliphatic heterocycles. The predicted octanol–water partition coefficient (Wildman–Crippen LogP) is 4.48. The van der Waals surface area contributed by atoms with E-state index in [0.717, 1.165) is 24.5 Å². The number of hydrogen-bond donors (Lipinski definition) is 2. The summed E-state index contributed by atoms with van der Waals surface area (Å²) in [6, 6.07) is 15.5. The fraction of sp³-hybridized carbons (Fsp3) is 0.417. The van der Waals surface area contributed by atoms with Crippen LogP contribution in [0.2, 0.25) is 0 Å². The third-order valence-electron chi connectivity index (χ3n) is 6.09. The molecule has 2 heterocycles. The topological polar surface area (TPSA) is 64.7 Å². The average molecular weight is 407 g/mol. The minimum absolute atomic E-state index is 0.0476. The van der Waals surface area contributed by atoms with Gasteiger partial charge in [0, 0.05) is 49.2 Å². The molecule has 0 spiro atoms. The molecule has 0 saturated carbocycles. The van der Waals surface area contributed by atoms with E-state index in [9.17, 15) is 9.59 Å². The molecule has 158 valence electrons. The highest BCUT2D eigenvalue weighted by atomic mass is 16.2. The van der Waals surface area contributed by atoms with Crippen molar-refractivity contribution in [3.05, 3.63) is 54.1 Å². The van der Waals surface area contributed by atoms with Gasteiger partial charge in [-0.05, 0) is 68.5 Å². The van der Waals surface area contributed by atoms with Gasteiger partial charge in [0.25, 0.3) is 0 Å². The van der Waals surface area contributed by atoms with Gasteiger partial charge in [-0.2, -0.15) is 0 Å². The maximum absolute atomic E-state index is 12.7. The second-order valence-corrected chi connectivity index (χ2v) is 8.24. The number of piperidine rings is 1. The summed E-state index contributed by atoms with van der Waals surface area (Å²) in [5.74, 6) is -0.0178. The number of carbonyl (C=O) groups excluding carboxylic acids is 2. The molecule has 6 nitrogen and oxygen atoms in total. The van der Waals surface area contributed by atoms with Gasteiger partial charge in [-0.15, -0.1) is 0 Å². The highest BCUT2D eigenvalue weighted by molar-refractivity contribution is 5.93. The van der Waals surface area contributed by atoms with Gasteiger partial charge < -0.3 is 20.4 Å². The molecule has 4 rings (SSSR count). The van der Waals surface area contributed by atoms with Crippen LogP contribution < -0.4 is 15.5 Å². The molecule has 0 aliphatic carbocycles. The number of nitrogens with one attached hydrogen (secondary N) is 2. The maximum atomic E-state index is 12.7. The fourth-order valence-electron chi connectivity index (χ4n) is 4.36. The highest BCUT2D eigenvalue weighted by Crippen LogP contribution is 2.27. The van der Waals surface area contributed by atoms with E-state index in [1.807, 2.05) is 36.4 Å². The zero-order chi connectivity index (χ0) is 20.9. The van der Waals surface area contributed by atoms with E-state index < -0.39 is 0 Å². The molecular formula is C24H30N4O2. The predicted molar refractivity (Wildman–Crippen MR) is 121 cm³/mol. The van der Waals surface area contributed by atoms with Crippen LogP contribution in [0.25, 0.3) is 0 Å². The molecule has 3 amide bonds. The van der Waals surface area contributed by atoms with E-state index >= 15 is 0 Å². The van der Waals surface area contributed by atoms with Gasteiger partial charge in [-0.3, -0.25) is 4.79 Å². The molecule has 0 aromatic heterocycles. The first kappa shape index (κ1) is 20.3. The van der Waals surface area contributed by atoms with Crippen molar-refractivity contribution in [1.29, 1.82) is 0 Å². The number of urea groups is 1. The molecule has 0 bridgehead atoms. The molecule has 2 N–H and O–H groups in total. The number of nitrogens with zero attached hydrogens (tertiary/aromatic N) is 2. The molecular weight excluding hydrogens is 376 g/mol. The van der Waals surface area contributed by atoms with Crippen molar-refractivity contribution in [3.8, 4) is 0 Å². The molecule has 2 aromatic rings. The summed E-state index contributed by atoms with van der Waals surface area (Å²) in [5, 5.41) is 5.99. The van der Waals surface area contributed by atoms with E-state index in [0.29, 0.717) is 25.9 Å². The van der Waals surface area contributed by atoms with Crippen molar-refractivity contribution < 1.29 is 9.59 Å². The average Bonchev–Trinajstić information content (AvgIpc) is 3.29. The lowest BCUT2D eigenvalue weighted by atomic mass is 9.96. The summed E-state index contributed by atoms with van der Waals surface area (Å²) in [6.45, 7) is 5.51. The summed E-state index contributed by atoms with van der Waals surface area (Å²) < 4.78 is 0. The maximum Gasteiger partial charge on any atom is 0.321 e. The molecule has 0 unspecified atom stereocenters. The minimum Gasteiger partial charge on any atom is -0.371 e. The van der Waals surface area contributed by atoms with Crippen molar-refractivity contribution >= 4 is 29.0 Å². The fourth-order valence-corrected chi connectivity index (χ4v) is 4.36. The van der Waals surface area contributed by atoms with Gasteiger partial charge in [-0.1, -0.05) is 18.2 Å². The monoisotopic (exact) mass is 406 g/mol. The van der Waals surface area contributed by atoms with Crippen LogP contribution in [0.15, 0.2) is 48.5 Å². The Morgan fingerprint density at radius 1 is 0.867 bits per heavy atom. The lowest BCUT2D eigenvalue weighted by Crippen LogP contribution is -2.43. The summed E-state index contributed by atoms with van der Waals surface area (Å²) in [6.07, 6.45) is 3.86. The van der Waals surface area contributed by atoms with Crippen LogP contribution in [-0.2, 0) is 4.79 Å². The van der Waals surface area contributed by atoms with Gasteiger partial charge in [-0.25, -0.2) is 4.79 Å². The Morgan fingerprint density at radius 2 is 1.57 bits per heavy atom. The third-order valence-corrected chi connectivity index (χ3v) is 6.09. The number of amides is 3. The number of anilines is 3. The Balaban J connectivity index is 1.28. The summed E-state index contributed by atoms with van der Waals surface area (Å²) in [4.78, 5) is 29.4. The van der Waals surface area contributed by atoms with Crippen molar-refractivity contribution in [2.24, 2.45) is 5.92 Å². The zero-order valence-electron chi connectivity index (χ0n) is 17.6. The van der Waals surface area contributed by atoms with Crippen LogP contribution in [0.1, 0.15) is 31.2 Å². The standard InChI is InChI=1S/C24H30N4O2/c1-18-17-21(9-10-22(18)27-13-5-6-14-27)25-23(29)19-11-15-28(16-12-19)24(30)26-20-7-3-2-4-8-20/h2-4,7-10,17,19H,5-6,11-16H2,1H3,(H,25,29)(H,26,30). The van der Waals surface area contributed by atoms with E-state index in [1.54, 1.807) is 4.90 Å². The first-order valence-electron chi connectivity index (χ1n) is 10.9. The number of benzene rings is 2. The molecule has 2 aromatic carbocycles. The molecule has 6 heteroatoms. The largest absolute Gasteiger partial charge is 0.371 e.